The topological polar surface area (TPSA) is 78.7 Å². The Kier molecular flexibility index (Phi) is 3.79. The fourth-order valence-electron chi connectivity index (χ4n) is 1.26. The van der Waals surface area contributed by atoms with Crippen molar-refractivity contribution >= 4 is 28.5 Å². The molecule has 0 aliphatic rings. The van der Waals surface area contributed by atoms with Crippen LogP contribution < -0.4 is 5.32 Å². The Morgan fingerprint density at radius 2 is 2.17 bits per heavy atom. The van der Waals surface area contributed by atoms with Gasteiger partial charge in [-0.25, -0.2) is 0 Å². The molecule has 1 aromatic heterocycles. The van der Waals surface area contributed by atoms with Crippen molar-refractivity contribution in [2.24, 2.45) is 0 Å². The molecule has 88 valence electrons. The van der Waals surface area contributed by atoms with Crippen LogP contribution in [0.3, 0.4) is 0 Å². The number of nitrogens with one attached hydrogen (secondary N) is 1. The van der Waals surface area contributed by atoms with Gasteiger partial charge in [0.1, 0.15) is 17.2 Å². The Morgan fingerprint density at radius 1 is 1.39 bits per heavy atom. The van der Waals surface area contributed by atoms with E-state index in [1.54, 1.807) is 0 Å². The fraction of sp³-hybridized carbons (Fsp3) is 0. The number of hydrogen-bond acceptors (Lipinski definition) is 5. The molecular weight excluding hydrogens is 248 g/mol. The highest BCUT2D eigenvalue weighted by Gasteiger charge is 2.10. The standard InChI is InChI=1S/C12H8N4OS/c13-7-10(6-9-4-2-1-3-5-9)11(17)15-12-16-14-8-18-12/h1-6,8H,(H,15,16,17)/b10-6-. The maximum Gasteiger partial charge on any atom is 0.268 e. The van der Waals surface area contributed by atoms with Gasteiger partial charge in [0.25, 0.3) is 5.91 Å². The second-order valence-electron chi connectivity index (χ2n) is 3.28. The van der Waals surface area contributed by atoms with Crippen LogP contribution in [-0.2, 0) is 4.79 Å². The van der Waals surface area contributed by atoms with Gasteiger partial charge in [-0.3, -0.25) is 10.1 Å². The van der Waals surface area contributed by atoms with E-state index in [1.165, 1.54) is 22.9 Å². The van der Waals surface area contributed by atoms with Gasteiger partial charge in [0.15, 0.2) is 0 Å². The molecule has 0 aliphatic carbocycles. The molecule has 0 radical (unpaired) electrons. The maximum atomic E-state index is 11.8. The zero-order valence-electron chi connectivity index (χ0n) is 9.20. The zero-order valence-corrected chi connectivity index (χ0v) is 10.0. The normalized spacial score (nSPS) is 10.7. The summed E-state index contributed by atoms with van der Waals surface area (Å²) in [7, 11) is 0. The molecule has 0 saturated carbocycles. The van der Waals surface area contributed by atoms with Crippen LogP contribution in [0.4, 0.5) is 5.13 Å². The second kappa shape index (κ2) is 5.70. The van der Waals surface area contributed by atoms with Crippen molar-refractivity contribution in [2.45, 2.75) is 0 Å². The first kappa shape index (κ1) is 12.0. The van der Waals surface area contributed by atoms with Crippen LogP contribution in [0.5, 0.6) is 0 Å². The van der Waals surface area contributed by atoms with E-state index in [2.05, 4.69) is 15.5 Å². The van der Waals surface area contributed by atoms with Crippen molar-refractivity contribution in [2.75, 3.05) is 5.32 Å². The molecule has 0 spiro atoms. The summed E-state index contributed by atoms with van der Waals surface area (Å²) in [6.07, 6.45) is 1.52. The van der Waals surface area contributed by atoms with Crippen molar-refractivity contribution in [3.63, 3.8) is 0 Å². The molecule has 0 saturated heterocycles. The Bertz CT molecular complexity index is 599. The first-order valence-corrected chi connectivity index (χ1v) is 5.92. The molecule has 1 heterocycles. The maximum absolute atomic E-state index is 11.8. The van der Waals surface area contributed by atoms with Gasteiger partial charge in [0.2, 0.25) is 5.13 Å². The van der Waals surface area contributed by atoms with E-state index in [1.807, 2.05) is 36.4 Å². The molecule has 1 aromatic carbocycles. The van der Waals surface area contributed by atoms with Crippen LogP contribution in [0.15, 0.2) is 41.4 Å². The van der Waals surface area contributed by atoms with Crippen molar-refractivity contribution in [1.82, 2.24) is 10.2 Å². The first-order chi connectivity index (χ1) is 8.79. The van der Waals surface area contributed by atoms with Crippen molar-refractivity contribution in [3.8, 4) is 6.07 Å². The van der Waals surface area contributed by atoms with Crippen molar-refractivity contribution in [1.29, 1.82) is 5.26 Å². The van der Waals surface area contributed by atoms with E-state index in [0.29, 0.717) is 5.13 Å². The summed E-state index contributed by atoms with van der Waals surface area (Å²) in [5.74, 6) is -0.488. The number of anilines is 1. The highest BCUT2D eigenvalue weighted by Crippen LogP contribution is 2.11. The smallest absolute Gasteiger partial charge is 0.268 e. The minimum Gasteiger partial charge on any atom is -0.296 e. The lowest BCUT2D eigenvalue weighted by atomic mass is 10.1. The molecule has 6 heteroatoms. The number of nitriles is 1. The Balaban J connectivity index is 2.17. The number of aromatic nitrogens is 2. The van der Waals surface area contributed by atoms with E-state index in [4.69, 9.17) is 5.26 Å². The molecule has 0 bridgehead atoms. The molecule has 1 amide bonds. The third-order valence-electron chi connectivity index (χ3n) is 2.06. The largest absolute Gasteiger partial charge is 0.296 e. The lowest BCUT2D eigenvalue weighted by Gasteiger charge is -1.99. The first-order valence-electron chi connectivity index (χ1n) is 5.04. The molecular formula is C12H8N4OS. The van der Waals surface area contributed by atoms with Gasteiger partial charge >= 0.3 is 0 Å². The summed E-state index contributed by atoms with van der Waals surface area (Å²) in [6.45, 7) is 0. The average Bonchev–Trinajstić information content (AvgIpc) is 2.90. The van der Waals surface area contributed by atoms with Crippen LogP contribution in [-0.4, -0.2) is 16.1 Å². The van der Waals surface area contributed by atoms with E-state index >= 15 is 0 Å². The Morgan fingerprint density at radius 3 is 2.78 bits per heavy atom. The van der Waals surface area contributed by atoms with Gasteiger partial charge in [0, 0.05) is 0 Å². The van der Waals surface area contributed by atoms with Gasteiger partial charge < -0.3 is 0 Å². The quantitative estimate of drug-likeness (QED) is 0.673. The Hall–Kier alpha value is -2.52. The lowest BCUT2D eigenvalue weighted by molar-refractivity contribution is -0.112. The SMILES string of the molecule is N#C/C(=C/c1ccccc1)C(=O)Nc1nncs1. The second-order valence-corrected chi connectivity index (χ2v) is 4.11. The number of hydrogen-bond donors (Lipinski definition) is 1. The minimum absolute atomic E-state index is 0.0244. The number of nitrogens with zero attached hydrogens (tertiary/aromatic N) is 3. The number of carbonyl (C=O) groups is 1. The third kappa shape index (κ3) is 2.99. The van der Waals surface area contributed by atoms with Crippen molar-refractivity contribution < 1.29 is 4.79 Å². The highest BCUT2D eigenvalue weighted by atomic mass is 32.1. The molecule has 0 unspecified atom stereocenters. The molecule has 0 fully saturated rings. The van der Waals surface area contributed by atoms with E-state index in [0.717, 1.165) is 5.56 Å². The summed E-state index contributed by atoms with van der Waals surface area (Å²) in [6, 6.07) is 11.0. The third-order valence-corrected chi connectivity index (χ3v) is 2.66. The Labute approximate surface area is 107 Å². The summed E-state index contributed by atoms with van der Waals surface area (Å²) in [5.41, 5.74) is 2.32. The van der Waals surface area contributed by atoms with Gasteiger partial charge in [-0.05, 0) is 11.6 Å². The molecule has 2 aromatic rings. The monoisotopic (exact) mass is 256 g/mol. The van der Waals surface area contributed by atoms with Crippen LogP contribution >= 0.6 is 11.3 Å². The van der Waals surface area contributed by atoms with Gasteiger partial charge in [-0.2, -0.15) is 5.26 Å². The predicted molar refractivity (Wildman–Crippen MR) is 68.6 cm³/mol. The molecule has 0 aliphatic heterocycles. The molecule has 0 atom stereocenters. The predicted octanol–water partition coefficient (Wildman–Crippen LogP) is 2.08. The average molecular weight is 256 g/mol. The van der Waals surface area contributed by atoms with Gasteiger partial charge in [-0.1, -0.05) is 41.7 Å². The van der Waals surface area contributed by atoms with Crippen LogP contribution in [0.1, 0.15) is 5.56 Å². The summed E-state index contributed by atoms with van der Waals surface area (Å²) >= 11 is 1.19. The zero-order chi connectivity index (χ0) is 12.8. The van der Waals surface area contributed by atoms with Crippen LogP contribution in [0.2, 0.25) is 0 Å². The van der Waals surface area contributed by atoms with Crippen molar-refractivity contribution in [3.05, 3.63) is 47.0 Å². The summed E-state index contributed by atoms with van der Waals surface area (Å²) < 4.78 is 0. The number of rotatable bonds is 3. The van der Waals surface area contributed by atoms with Crippen LogP contribution in [0, 0.1) is 11.3 Å². The van der Waals surface area contributed by atoms with Crippen LogP contribution in [0.25, 0.3) is 6.08 Å². The number of benzene rings is 1. The lowest BCUT2D eigenvalue weighted by Crippen LogP contribution is -2.13. The van der Waals surface area contributed by atoms with Gasteiger partial charge in [-0.15, -0.1) is 10.2 Å². The van der Waals surface area contributed by atoms with E-state index in [-0.39, 0.29) is 5.57 Å². The number of carbonyl (C=O) groups excluding carboxylic acids is 1. The molecule has 18 heavy (non-hydrogen) atoms. The minimum atomic E-state index is -0.488. The molecule has 5 nitrogen and oxygen atoms in total. The molecule has 1 N–H and O–H groups in total. The van der Waals surface area contributed by atoms with E-state index < -0.39 is 5.91 Å². The highest BCUT2D eigenvalue weighted by molar-refractivity contribution is 7.13. The molecule has 2 rings (SSSR count). The van der Waals surface area contributed by atoms with Gasteiger partial charge in [0.05, 0.1) is 0 Å². The number of amides is 1. The fourth-order valence-corrected chi connectivity index (χ4v) is 1.70. The summed E-state index contributed by atoms with van der Waals surface area (Å²) in [4.78, 5) is 11.8. The van der Waals surface area contributed by atoms with E-state index in [9.17, 15) is 4.79 Å². The summed E-state index contributed by atoms with van der Waals surface area (Å²) in [5, 5.41) is 19.1.